The van der Waals surface area contributed by atoms with Crippen LogP contribution in [0.3, 0.4) is 0 Å². The van der Waals surface area contributed by atoms with Crippen molar-refractivity contribution in [1.82, 2.24) is 15.1 Å². The number of hydrogen-bond donors (Lipinski definition) is 2. The van der Waals surface area contributed by atoms with Gasteiger partial charge in [-0.05, 0) is 17.7 Å². The highest BCUT2D eigenvalue weighted by molar-refractivity contribution is 6.30. The fourth-order valence-corrected chi connectivity index (χ4v) is 1.68. The van der Waals surface area contributed by atoms with E-state index in [1.54, 1.807) is 30.1 Å². The van der Waals surface area contributed by atoms with Gasteiger partial charge in [0, 0.05) is 30.9 Å². The standard InChI is InChI=1S/C12H13ClN4O/c1-17-6-5-11(16-17)15-12(18)14-8-9-3-2-4-10(13)7-9/h2-7H,8H2,1H3,(H2,14,15,16,18). The van der Waals surface area contributed by atoms with E-state index in [0.29, 0.717) is 17.4 Å². The molecule has 2 N–H and O–H groups in total. The molecule has 0 fully saturated rings. The normalized spacial score (nSPS) is 10.1. The number of urea groups is 1. The van der Waals surface area contributed by atoms with E-state index in [0.717, 1.165) is 5.56 Å². The fourth-order valence-electron chi connectivity index (χ4n) is 1.47. The van der Waals surface area contributed by atoms with E-state index in [-0.39, 0.29) is 6.03 Å². The number of halogens is 1. The van der Waals surface area contributed by atoms with Crippen molar-refractivity contribution in [1.29, 1.82) is 0 Å². The Kier molecular flexibility index (Phi) is 3.84. The molecule has 0 atom stereocenters. The Labute approximate surface area is 110 Å². The van der Waals surface area contributed by atoms with Crippen LogP contribution in [0.4, 0.5) is 10.6 Å². The third-order valence-electron chi connectivity index (χ3n) is 2.30. The Morgan fingerprint density at radius 1 is 1.44 bits per heavy atom. The maximum Gasteiger partial charge on any atom is 0.320 e. The Morgan fingerprint density at radius 2 is 2.28 bits per heavy atom. The van der Waals surface area contributed by atoms with Crippen molar-refractivity contribution >= 4 is 23.4 Å². The van der Waals surface area contributed by atoms with Gasteiger partial charge in [-0.1, -0.05) is 23.7 Å². The molecule has 1 aromatic carbocycles. The maximum absolute atomic E-state index is 11.6. The molecule has 0 spiro atoms. The van der Waals surface area contributed by atoms with Gasteiger partial charge < -0.3 is 5.32 Å². The van der Waals surface area contributed by atoms with E-state index < -0.39 is 0 Å². The summed E-state index contributed by atoms with van der Waals surface area (Å²) in [4.78, 5) is 11.6. The molecule has 2 amide bonds. The van der Waals surface area contributed by atoms with Gasteiger partial charge in [0.05, 0.1) is 0 Å². The van der Waals surface area contributed by atoms with Crippen molar-refractivity contribution in [3.8, 4) is 0 Å². The van der Waals surface area contributed by atoms with Crippen molar-refractivity contribution < 1.29 is 4.79 Å². The second kappa shape index (κ2) is 5.55. The number of benzene rings is 1. The third kappa shape index (κ3) is 3.49. The summed E-state index contributed by atoms with van der Waals surface area (Å²) in [5.41, 5.74) is 0.943. The monoisotopic (exact) mass is 264 g/mol. The third-order valence-corrected chi connectivity index (χ3v) is 2.53. The van der Waals surface area contributed by atoms with Crippen LogP contribution < -0.4 is 10.6 Å². The number of nitrogens with one attached hydrogen (secondary N) is 2. The van der Waals surface area contributed by atoms with Crippen molar-refractivity contribution in [2.75, 3.05) is 5.32 Å². The van der Waals surface area contributed by atoms with E-state index >= 15 is 0 Å². The molecule has 1 aromatic heterocycles. The number of hydrogen-bond acceptors (Lipinski definition) is 2. The van der Waals surface area contributed by atoms with Crippen LogP contribution in [0.15, 0.2) is 36.5 Å². The lowest BCUT2D eigenvalue weighted by Gasteiger charge is -2.05. The predicted molar refractivity (Wildman–Crippen MR) is 70.5 cm³/mol. The van der Waals surface area contributed by atoms with Crippen LogP contribution in [0.5, 0.6) is 0 Å². The molecule has 0 saturated heterocycles. The van der Waals surface area contributed by atoms with Gasteiger partial charge >= 0.3 is 6.03 Å². The van der Waals surface area contributed by atoms with E-state index in [2.05, 4.69) is 15.7 Å². The highest BCUT2D eigenvalue weighted by Gasteiger charge is 2.03. The average Bonchev–Trinajstić information content (AvgIpc) is 2.72. The number of nitrogens with zero attached hydrogens (tertiary/aromatic N) is 2. The number of rotatable bonds is 3. The van der Waals surface area contributed by atoms with E-state index in [9.17, 15) is 4.79 Å². The summed E-state index contributed by atoms with van der Waals surface area (Å²) in [5.74, 6) is 0.515. The quantitative estimate of drug-likeness (QED) is 0.894. The number of aromatic nitrogens is 2. The summed E-state index contributed by atoms with van der Waals surface area (Å²) in [7, 11) is 1.79. The SMILES string of the molecule is Cn1ccc(NC(=O)NCc2cccc(Cl)c2)n1. The molecule has 94 valence electrons. The Morgan fingerprint density at radius 3 is 2.94 bits per heavy atom. The van der Waals surface area contributed by atoms with Gasteiger partial charge in [0.2, 0.25) is 0 Å². The molecule has 1 heterocycles. The molecule has 5 nitrogen and oxygen atoms in total. The zero-order chi connectivity index (χ0) is 13.0. The summed E-state index contributed by atoms with van der Waals surface area (Å²) < 4.78 is 1.62. The lowest BCUT2D eigenvalue weighted by Crippen LogP contribution is -2.28. The van der Waals surface area contributed by atoms with Crippen molar-refractivity contribution in [2.24, 2.45) is 7.05 Å². The molecule has 0 unspecified atom stereocenters. The first kappa shape index (κ1) is 12.4. The summed E-state index contributed by atoms with van der Waals surface area (Å²) in [6.07, 6.45) is 1.76. The average molecular weight is 265 g/mol. The molecule has 2 aromatic rings. The smallest absolute Gasteiger partial charge is 0.320 e. The highest BCUT2D eigenvalue weighted by Crippen LogP contribution is 2.10. The van der Waals surface area contributed by atoms with Gasteiger partial charge in [-0.2, -0.15) is 5.10 Å². The summed E-state index contributed by atoms with van der Waals surface area (Å²) >= 11 is 5.85. The molecule has 0 aliphatic carbocycles. The van der Waals surface area contributed by atoms with Gasteiger partial charge in [0.1, 0.15) is 0 Å². The first-order valence-corrected chi connectivity index (χ1v) is 5.80. The number of aryl methyl sites for hydroxylation is 1. The first-order valence-electron chi connectivity index (χ1n) is 5.42. The van der Waals surface area contributed by atoms with E-state index in [4.69, 9.17) is 11.6 Å². The van der Waals surface area contributed by atoms with Crippen LogP contribution >= 0.6 is 11.6 Å². The molecule has 6 heteroatoms. The lowest BCUT2D eigenvalue weighted by molar-refractivity contribution is 0.251. The topological polar surface area (TPSA) is 59.0 Å². The van der Waals surface area contributed by atoms with Crippen LogP contribution in [0.1, 0.15) is 5.56 Å². The fraction of sp³-hybridized carbons (Fsp3) is 0.167. The lowest BCUT2D eigenvalue weighted by atomic mass is 10.2. The molecule has 18 heavy (non-hydrogen) atoms. The zero-order valence-corrected chi connectivity index (χ0v) is 10.6. The van der Waals surface area contributed by atoms with Crippen LogP contribution in [0, 0.1) is 0 Å². The number of carbonyl (C=O) groups is 1. The second-order valence-electron chi connectivity index (χ2n) is 3.81. The van der Waals surface area contributed by atoms with Crippen molar-refractivity contribution in [3.63, 3.8) is 0 Å². The minimum Gasteiger partial charge on any atom is -0.334 e. The van der Waals surface area contributed by atoms with E-state index in [1.807, 2.05) is 18.2 Å². The summed E-state index contributed by atoms with van der Waals surface area (Å²) in [6.45, 7) is 0.416. The maximum atomic E-state index is 11.6. The van der Waals surface area contributed by atoms with Crippen LogP contribution in [-0.4, -0.2) is 15.8 Å². The van der Waals surface area contributed by atoms with Crippen LogP contribution in [0.2, 0.25) is 5.02 Å². The number of anilines is 1. The Bertz CT molecular complexity index is 553. The number of carbonyl (C=O) groups excluding carboxylic acids is 1. The second-order valence-corrected chi connectivity index (χ2v) is 4.25. The molecule has 0 radical (unpaired) electrons. The molecular weight excluding hydrogens is 252 g/mol. The molecule has 0 aliphatic heterocycles. The largest absolute Gasteiger partial charge is 0.334 e. The highest BCUT2D eigenvalue weighted by atomic mass is 35.5. The minimum atomic E-state index is -0.298. The van der Waals surface area contributed by atoms with Gasteiger partial charge in [0.15, 0.2) is 5.82 Å². The van der Waals surface area contributed by atoms with Gasteiger partial charge in [-0.15, -0.1) is 0 Å². The molecule has 2 rings (SSSR count). The van der Waals surface area contributed by atoms with Crippen LogP contribution in [0.25, 0.3) is 0 Å². The Balaban J connectivity index is 1.85. The molecule has 0 saturated carbocycles. The summed E-state index contributed by atoms with van der Waals surface area (Å²) in [5, 5.41) is 10.1. The number of amides is 2. The predicted octanol–water partition coefficient (Wildman–Crippen LogP) is 2.40. The van der Waals surface area contributed by atoms with Crippen molar-refractivity contribution in [2.45, 2.75) is 6.54 Å². The van der Waals surface area contributed by atoms with E-state index in [1.165, 1.54) is 0 Å². The zero-order valence-electron chi connectivity index (χ0n) is 9.85. The Hall–Kier alpha value is -2.01. The summed E-state index contributed by atoms with van der Waals surface area (Å²) in [6, 6.07) is 8.76. The van der Waals surface area contributed by atoms with Crippen molar-refractivity contribution in [3.05, 3.63) is 47.1 Å². The molecule has 0 aliphatic rings. The van der Waals surface area contributed by atoms with Gasteiger partial charge in [0.25, 0.3) is 0 Å². The molecular formula is C12H13ClN4O. The van der Waals surface area contributed by atoms with Gasteiger partial charge in [-0.3, -0.25) is 10.00 Å². The minimum absolute atomic E-state index is 0.298. The molecule has 0 bridgehead atoms. The van der Waals surface area contributed by atoms with Crippen LogP contribution in [-0.2, 0) is 13.6 Å². The van der Waals surface area contributed by atoms with Gasteiger partial charge in [-0.25, -0.2) is 4.79 Å². The first-order chi connectivity index (χ1) is 8.63.